The van der Waals surface area contributed by atoms with Crippen molar-refractivity contribution in [1.29, 1.82) is 0 Å². The Balaban J connectivity index is 1.54. The summed E-state index contributed by atoms with van der Waals surface area (Å²) >= 11 is 1.54. The number of amides is 1. The highest BCUT2D eigenvalue weighted by molar-refractivity contribution is 7.07. The number of hydrogen-bond donors (Lipinski definition) is 1. The first kappa shape index (κ1) is 16.9. The van der Waals surface area contributed by atoms with Crippen molar-refractivity contribution in [3.05, 3.63) is 46.4 Å². The van der Waals surface area contributed by atoms with Crippen LogP contribution in [0.2, 0.25) is 0 Å². The van der Waals surface area contributed by atoms with Crippen LogP contribution in [0.3, 0.4) is 0 Å². The van der Waals surface area contributed by atoms with Crippen LogP contribution in [0.5, 0.6) is 5.75 Å². The number of carbonyl (C=O) groups is 1. The van der Waals surface area contributed by atoms with Gasteiger partial charge in [0.15, 0.2) is 0 Å². The van der Waals surface area contributed by atoms with Crippen LogP contribution in [-0.2, 0) is 6.61 Å². The summed E-state index contributed by atoms with van der Waals surface area (Å²) in [4.78, 5) is 18.4. The first-order chi connectivity index (χ1) is 11.6. The highest BCUT2D eigenvalue weighted by Crippen LogP contribution is 2.26. The van der Waals surface area contributed by atoms with E-state index in [-0.39, 0.29) is 17.9 Å². The zero-order valence-corrected chi connectivity index (χ0v) is 14.5. The number of hydrogen-bond acceptors (Lipinski definition) is 5. The van der Waals surface area contributed by atoms with Crippen molar-refractivity contribution in [3.63, 3.8) is 0 Å². The van der Waals surface area contributed by atoms with Crippen LogP contribution in [0, 0.1) is 5.92 Å². The van der Waals surface area contributed by atoms with Gasteiger partial charge in [0.1, 0.15) is 12.4 Å². The maximum atomic E-state index is 12.5. The lowest BCUT2D eigenvalue weighted by Crippen LogP contribution is -2.34. The van der Waals surface area contributed by atoms with Crippen molar-refractivity contribution < 1.29 is 14.6 Å². The van der Waals surface area contributed by atoms with E-state index in [1.807, 2.05) is 5.38 Å². The molecule has 1 amide bonds. The molecule has 1 saturated carbocycles. The smallest absolute Gasteiger partial charge is 0.253 e. The predicted octanol–water partition coefficient (Wildman–Crippen LogP) is 2.96. The fourth-order valence-electron chi connectivity index (χ4n) is 3.05. The van der Waals surface area contributed by atoms with Gasteiger partial charge in [-0.3, -0.25) is 4.79 Å². The third-order valence-electron chi connectivity index (χ3n) is 4.45. The molecule has 128 valence electrons. The van der Waals surface area contributed by atoms with Crippen LogP contribution in [0.4, 0.5) is 0 Å². The molecule has 1 aliphatic carbocycles. The molecule has 2 atom stereocenters. The van der Waals surface area contributed by atoms with E-state index in [2.05, 4.69) is 4.98 Å². The summed E-state index contributed by atoms with van der Waals surface area (Å²) in [5.74, 6) is 0.883. The Bertz CT molecular complexity index is 657. The second-order valence-corrected chi connectivity index (χ2v) is 6.96. The highest BCUT2D eigenvalue weighted by atomic mass is 32.1. The number of rotatable bonds is 6. The molecule has 0 aliphatic heterocycles. The van der Waals surface area contributed by atoms with Gasteiger partial charge < -0.3 is 14.7 Å². The number of aliphatic hydroxyl groups is 1. The normalized spacial score (nSPS) is 20.1. The molecule has 3 rings (SSSR count). The van der Waals surface area contributed by atoms with Crippen molar-refractivity contribution in [2.75, 3.05) is 13.6 Å². The lowest BCUT2D eigenvalue weighted by atomic mass is 10.1. The second kappa shape index (κ2) is 7.77. The van der Waals surface area contributed by atoms with E-state index >= 15 is 0 Å². The van der Waals surface area contributed by atoms with Gasteiger partial charge in [-0.25, -0.2) is 4.98 Å². The first-order valence-corrected chi connectivity index (χ1v) is 9.11. The van der Waals surface area contributed by atoms with Crippen LogP contribution in [0.15, 0.2) is 35.2 Å². The number of thiazole rings is 1. The second-order valence-electron chi connectivity index (χ2n) is 6.24. The van der Waals surface area contributed by atoms with Crippen molar-refractivity contribution in [1.82, 2.24) is 9.88 Å². The van der Waals surface area contributed by atoms with E-state index in [9.17, 15) is 9.90 Å². The van der Waals surface area contributed by atoms with E-state index < -0.39 is 0 Å². The highest BCUT2D eigenvalue weighted by Gasteiger charge is 2.27. The molecular weight excluding hydrogens is 324 g/mol. The molecule has 5 nitrogen and oxygen atoms in total. The zero-order chi connectivity index (χ0) is 16.9. The molecule has 0 radical (unpaired) electrons. The SMILES string of the molecule is CN(CC1CCCC1O)C(=O)c1ccc(OCc2cscn2)cc1. The van der Waals surface area contributed by atoms with Crippen LogP contribution in [0.25, 0.3) is 0 Å². The molecule has 24 heavy (non-hydrogen) atoms. The van der Waals surface area contributed by atoms with Gasteiger partial charge >= 0.3 is 0 Å². The van der Waals surface area contributed by atoms with Gasteiger partial charge in [0, 0.05) is 30.5 Å². The van der Waals surface area contributed by atoms with Crippen LogP contribution in [-0.4, -0.2) is 40.6 Å². The summed E-state index contributed by atoms with van der Waals surface area (Å²) in [5, 5.41) is 11.9. The summed E-state index contributed by atoms with van der Waals surface area (Å²) < 4.78 is 5.65. The molecule has 0 bridgehead atoms. The van der Waals surface area contributed by atoms with Gasteiger partial charge in [0.05, 0.1) is 17.3 Å². The lowest BCUT2D eigenvalue weighted by molar-refractivity contribution is 0.0693. The molecule has 1 aliphatic rings. The molecule has 0 saturated heterocycles. The molecule has 1 aromatic heterocycles. The number of nitrogens with zero attached hydrogens (tertiary/aromatic N) is 2. The average Bonchev–Trinajstić information content (AvgIpc) is 3.25. The Morgan fingerprint density at radius 2 is 2.17 bits per heavy atom. The number of aliphatic hydroxyl groups excluding tert-OH is 1. The van der Waals surface area contributed by atoms with E-state index in [0.717, 1.165) is 25.0 Å². The largest absolute Gasteiger partial charge is 0.487 e. The lowest BCUT2D eigenvalue weighted by Gasteiger charge is -2.23. The number of benzene rings is 1. The average molecular weight is 346 g/mol. The van der Waals surface area contributed by atoms with Gasteiger partial charge in [-0.15, -0.1) is 11.3 Å². The summed E-state index contributed by atoms with van der Waals surface area (Å²) in [6.45, 7) is 1.03. The summed E-state index contributed by atoms with van der Waals surface area (Å²) in [7, 11) is 1.79. The van der Waals surface area contributed by atoms with Gasteiger partial charge in [-0.05, 0) is 37.1 Å². The van der Waals surface area contributed by atoms with E-state index in [1.54, 1.807) is 41.7 Å². The topological polar surface area (TPSA) is 62.7 Å². The Morgan fingerprint density at radius 3 is 2.79 bits per heavy atom. The molecule has 1 aromatic carbocycles. The van der Waals surface area contributed by atoms with E-state index in [0.29, 0.717) is 24.5 Å². The molecule has 1 N–H and O–H groups in total. The molecule has 1 fully saturated rings. The third-order valence-corrected chi connectivity index (χ3v) is 5.08. The zero-order valence-electron chi connectivity index (χ0n) is 13.7. The van der Waals surface area contributed by atoms with Crippen molar-refractivity contribution in [2.24, 2.45) is 5.92 Å². The Hall–Kier alpha value is -1.92. The van der Waals surface area contributed by atoms with Gasteiger partial charge in [-0.2, -0.15) is 0 Å². The van der Waals surface area contributed by atoms with Crippen molar-refractivity contribution in [2.45, 2.75) is 32.0 Å². The van der Waals surface area contributed by atoms with E-state index in [1.165, 1.54) is 11.3 Å². The van der Waals surface area contributed by atoms with Crippen LogP contribution < -0.4 is 4.74 Å². The van der Waals surface area contributed by atoms with Crippen molar-refractivity contribution in [3.8, 4) is 5.75 Å². The predicted molar refractivity (Wildman–Crippen MR) is 93.2 cm³/mol. The minimum Gasteiger partial charge on any atom is -0.487 e. The quantitative estimate of drug-likeness (QED) is 0.873. The molecule has 6 heteroatoms. The summed E-state index contributed by atoms with van der Waals surface area (Å²) in [6.07, 6.45) is 2.60. The molecular formula is C18H22N2O3S. The molecule has 1 heterocycles. The number of carbonyl (C=O) groups excluding carboxylic acids is 1. The molecule has 2 aromatic rings. The third kappa shape index (κ3) is 4.13. The van der Waals surface area contributed by atoms with Crippen molar-refractivity contribution >= 4 is 17.2 Å². The Labute approximate surface area is 145 Å². The standard InChI is InChI=1S/C18H22N2O3S/c1-20(9-14-3-2-4-17(14)21)18(22)13-5-7-16(8-6-13)23-10-15-11-24-12-19-15/h5-8,11-12,14,17,21H,2-4,9-10H2,1H3. The minimum absolute atomic E-state index is 0.0276. The molecule has 2 unspecified atom stereocenters. The molecule has 0 spiro atoms. The fourth-order valence-corrected chi connectivity index (χ4v) is 3.59. The number of aromatic nitrogens is 1. The fraction of sp³-hybridized carbons (Fsp3) is 0.444. The maximum Gasteiger partial charge on any atom is 0.253 e. The van der Waals surface area contributed by atoms with Gasteiger partial charge in [0.25, 0.3) is 5.91 Å². The van der Waals surface area contributed by atoms with Crippen LogP contribution >= 0.6 is 11.3 Å². The van der Waals surface area contributed by atoms with Gasteiger partial charge in [0.2, 0.25) is 0 Å². The summed E-state index contributed by atoms with van der Waals surface area (Å²) in [5.41, 5.74) is 3.30. The van der Waals surface area contributed by atoms with E-state index in [4.69, 9.17) is 4.74 Å². The Kier molecular flexibility index (Phi) is 5.48. The first-order valence-electron chi connectivity index (χ1n) is 8.17. The minimum atomic E-state index is -0.276. The number of ether oxygens (including phenoxy) is 1. The van der Waals surface area contributed by atoms with Gasteiger partial charge in [-0.1, -0.05) is 6.42 Å². The monoisotopic (exact) mass is 346 g/mol. The van der Waals surface area contributed by atoms with Crippen LogP contribution in [0.1, 0.15) is 35.3 Å². The maximum absolute atomic E-state index is 12.5. The summed E-state index contributed by atoms with van der Waals surface area (Å²) in [6, 6.07) is 7.16. The Morgan fingerprint density at radius 1 is 1.38 bits per heavy atom.